The summed E-state index contributed by atoms with van der Waals surface area (Å²) in [7, 11) is -2.30. The predicted molar refractivity (Wildman–Crippen MR) is 64.9 cm³/mol. The lowest BCUT2D eigenvalue weighted by Crippen LogP contribution is -2.30. The zero-order valence-corrected chi connectivity index (χ0v) is 11.4. The van der Waals surface area contributed by atoms with Gasteiger partial charge in [0, 0.05) is 13.6 Å². The highest BCUT2D eigenvalue weighted by atomic mass is 32.2. The molecule has 1 heterocycles. The fourth-order valence-corrected chi connectivity index (χ4v) is 2.59. The SMILES string of the molecule is CCC(C)CN(C)S(=O)(=O)c1ccc(C(=O)O)o1. The molecule has 0 spiro atoms. The van der Waals surface area contributed by atoms with E-state index in [0.29, 0.717) is 6.54 Å². The van der Waals surface area contributed by atoms with Gasteiger partial charge in [0.1, 0.15) is 0 Å². The lowest BCUT2D eigenvalue weighted by atomic mass is 10.1. The van der Waals surface area contributed by atoms with Crippen LogP contribution in [-0.2, 0) is 10.0 Å². The first-order valence-corrected chi connectivity index (χ1v) is 7.02. The van der Waals surface area contributed by atoms with Gasteiger partial charge in [0.05, 0.1) is 0 Å². The van der Waals surface area contributed by atoms with E-state index in [1.165, 1.54) is 11.4 Å². The topological polar surface area (TPSA) is 87.8 Å². The summed E-state index contributed by atoms with van der Waals surface area (Å²) >= 11 is 0. The molecular weight excluding hydrogens is 258 g/mol. The maximum Gasteiger partial charge on any atom is 0.371 e. The van der Waals surface area contributed by atoms with E-state index in [-0.39, 0.29) is 16.8 Å². The Morgan fingerprint density at radius 3 is 2.56 bits per heavy atom. The average molecular weight is 275 g/mol. The summed E-state index contributed by atoms with van der Waals surface area (Å²) in [6.07, 6.45) is 0.860. The van der Waals surface area contributed by atoms with Crippen LogP contribution in [0.25, 0.3) is 0 Å². The second kappa shape index (κ2) is 5.53. The normalized spacial score (nSPS) is 13.8. The summed E-state index contributed by atoms with van der Waals surface area (Å²) in [4.78, 5) is 10.6. The van der Waals surface area contributed by atoms with Gasteiger partial charge in [0.25, 0.3) is 10.0 Å². The maximum atomic E-state index is 12.1. The number of carboxylic acid groups (broad SMARTS) is 1. The summed E-state index contributed by atoms with van der Waals surface area (Å²) in [5.41, 5.74) is 0. The molecule has 102 valence electrons. The van der Waals surface area contributed by atoms with E-state index in [0.717, 1.165) is 18.6 Å². The third-order valence-electron chi connectivity index (χ3n) is 2.72. The lowest BCUT2D eigenvalue weighted by Gasteiger charge is -2.18. The molecule has 1 unspecified atom stereocenters. The summed E-state index contributed by atoms with van der Waals surface area (Å²) in [5.74, 6) is -1.45. The van der Waals surface area contributed by atoms with Crippen molar-refractivity contribution < 1.29 is 22.7 Å². The Bertz CT molecular complexity index is 519. The number of carboxylic acids is 1. The van der Waals surface area contributed by atoms with Crippen LogP contribution in [0.3, 0.4) is 0 Å². The van der Waals surface area contributed by atoms with Gasteiger partial charge in [-0.3, -0.25) is 0 Å². The van der Waals surface area contributed by atoms with Crippen molar-refractivity contribution in [1.29, 1.82) is 0 Å². The molecule has 0 aliphatic carbocycles. The zero-order chi connectivity index (χ0) is 13.9. The first-order chi connectivity index (χ1) is 8.28. The minimum Gasteiger partial charge on any atom is -0.475 e. The van der Waals surface area contributed by atoms with Crippen molar-refractivity contribution >= 4 is 16.0 Å². The van der Waals surface area contributed by atoms with E-state index in [4.69, 9.17) is 9.52 Å². The third kappa shape index (κ3) is 3.11. The van der Waals surface area contributed by atoms with Crippen LogP contribution in [-0.4, -0.2) is 37.4 Å². The van der Waals surface area contributed by atoms with Crippen LogP contribution in [0, 0.1) is 5.92 Å². The van der Waals surface area contributed by atoms with Crippen molar-refractivity contribution in [2.75, 3.05) is 13.6 Å². The van der Waals surface area contributed by atoms with E-state index in [2.05, 4.69) is 0 Å². The molecule has 1 aromatic heterocycles. The number of hydrogen-bond acceptors (Lipinski definition) is 4. The Hall–Kier alpha value is -1.34. The Morgan fingerprint density at radius 1 is 1.50 bits per heavy atom. The first-order valence-electron chi connectivity index (χ1n) is 5.58. The third-order valence-corrected chi connectivity index (χ3v) is 4.42. The molecule has 0 aliphatic rings. The Morgan fingerprint density at radius 2 is 2.11 bits per heavy atom. The van der Waals surface area contributed by atoms with E-state index in [9.17, 15) is 13.2 Å². The van der Waals surface area contributed by atoms with Gasteiger partial charge in [-0.15, -0.1) is 0 Å². The van der Waals surface area contributed by atoms with E-state index in [1.54, 1.807) is 0 Å². The van der Waals surface area contributed by atoms with Crippen LogP contribution < -0.4 is 0 Å². The van der Waals surface area contributed by atoms with Gasteiger partial charge in [-0.25, -0.2) is 13.2 Å². The van der Waals surface area contributed by atoms with E-state index < -0.39 is 16.0 Å². The number of sulfonamides is 1. The van der Waals surface area contributed by atoms with Gasteiger partial charge in [0.2, 0.25) is 10.9 Å². The monoisotopic (exact) mass is 275 g/mol. The second-order valence-corrected chi connectivity index (χ2v) is 6.20. The molecular formula is C11H17NO5S. The van der Waals surface area contributed by atoms with Crippen LogP contribution in [0.1, 0.15) is 30.8 Å². The summed E-state index contributed by atoms with van der Waals surface area (Å²) in [6.45, 7) is 4.28. The Balaban J connectivity index is 2.94. The smallest absolute Gasteiger partial charge is 0.371 e. The van der Waals surface area contributed by atoms with Gasteiger partial charge < -0.3 is 9.52 Å². The lowest BCUT2D eigenvalue weighted by molar-refractivity contribution is 0.0656. The standard InChI is InChI=1S/C11H17NO5S/c1-4-8(2)7-12(3)18(15,16)10-6-5-9(17-10)11(13)14/h5-6,8H,4,7H2,1-3H3,(H,13,14). The molecule has 0 radical (unpaired) electrons. The largest absolute Gasteiger partial charge is 0.475 e. The molecule has 0 aromatic carbocycles. The molecule has 1 N–H and O–H groups in total. The molecule has 6 nitrogen and oxygen atoms in total. The highest BCUT2D eigenvalue weighted by Crippen LogP contribution is 2.19. The molecule has 18 heavy (non-hydrogen) atoms. The summed E-state index contributed by atoms with van der Waals surface area (Å²) < 4.78 is 30.1. The van der Waals surface area contributed by atoms with Crippen molar-refractivity contribution in [2.24, 2.45) is 5.92 Å². The number of carbonyl (C=O) groups is 1. The zero-order valence-electron chi connectivity index (χ0n) is 10.6. The van der Waals surface area contributed by atoms with E-state index >= 15 is 0 Å². The van der Waals surface area contributed by atoms with Crippen molar-refractivity contribution in [2.45, 2.75) is 25.4 Å². The molecule has 0 fully saturated rings. The number of rotatable bonds is 6. The van der Waals surface area contributed by atoms with Crippen LogP contribution in [0.2, 0.25) is 0 Å². The minimum atomic E-state index is -3.75. The van der Waals surface area contributed by atoms with E-state index in [1.807, 2.05) is 13.8 Å². The van der Waals surface area contributed by atoms with Crippen molar-refractivity contribution in [3.8, 4) is 0 Å². The van der Waals surface area contributed by atoms with Crippen molar-refractivity contribution in [1.82, 2.24) is 4.31 Å². The molecule has 1 atom stereocenters. The quantitative estimate of drug-likeness (QED) is 0.852. The van der Waals surface area contributed by atoms with Gasteiger partial charge >= 0.3 is 5.97 Å². The van der Waals surface area contributed by atoms with Crippen LogP contribution >= 0.6 is 0 Å². The van der Waals surface area contributed by atoms with Crippen LogP contribution in [0.4, 0.5) is 0 Å². The predicted octanol–water partition coefficient (Wildman–Crippen LogP) is 1.64. The Kier molecular flexibility index (Phi) is 4.53. The molecule has 0 bridgehead atoms. The molecule has 7 heteroatoms. The van der Waals surface area contributed by atoms with Gasteiger partial charge in [-0.2, -0.15) is 4.31 Å². The molecule has 0 saturated carbocycles. The summed E-state index contributed by atoms with van der Waals surface area (Å²) in [5, 5.41) is 8.34. The van der Waals surface area contributed by atoms with Crippen molar-refractivity contribution in [3.63, 3.8) is 0 Å². The fourth-order valence-electron chi connectivity index (χ4n) is 1.39. The number of aromatic carboxylic acids is 1. The number of hydrogen-bond donors (Lipinski definition) is 1. The first kappa shape index (κ1) is 14.7. The van der Waals surface area contributed by atoms with Crippen LogP contribution in [0.15, 0.2) is 21.6 Å². The van der Waals surface area contributed by atoms with Crippen molar-refractivity contribution in [3.05, 3.63) is 17.9 Å². The molecule has 0 saturated heterocycles. The van der Waals surface area contributed by atoms with Gasteiger partial charge in [0.15, 0.2) is 0 Å². The second-order valence-electron chi connectivity index (χ2n) is 4.22. The highest BCUT2D eigenvalue weighted by molar-refractivity contribution is 7.89. The molecule has 1 aromatic rings. The molecule has 1 rings (SSSR count). The minimum absolute atomic E-state index is 0.221. The van der Waals surface area contributed by atoms with Crippen LogP contribution in [0.5, 0.6) is 0 Å². The average Bonchev–Trinajstić information content (AvgIpc) is 2.78. The van der Waals surface area contributed by atoms with Gasteiger partial charge in [-0.1, -0.05) is 20.3 Å². The fraction of sp³-hybridized carbons (Fsp3) is 0.545. The maximum absolute atomic E-state index is 12.1. The highest BCUT2D eigenvalue weighted by Gasteiger charge is 2.26. The van der Waals surface area contributed by atoms with Gasteiger partial charge in [-0.05, 0) is 18.1 Å². The molecule has 0 amide bonds. The number of nitrogens with zero attached hydrogens (tertiary/aromatic N) is 1. The number of furan rings is 1. The Labute approximate surface area is 106 Å². The molecule has 0 aliphatic heterocycles. The summed E-state index contributed by atoms with van der Waals surface area (Å²) in [6, 6.07) is 2.29.